The summed E-state index contributed by atoms with van der Waals surface area (Å²) < 4.78 is 0. The van der Waals surface area contributed by atoms with Crippen LogP contribution in [0, 0.1) is 11.3 Å². The molecule has 0 radical (unpaired) electrons. The number of hydrogen-bond acceptors (Lipinski definition) is 6. The van der Waals surface area contributed by atoms with Crippen molar-refractivity contribution in [2.75, 3.05) is 11.9 Å². The van der Waals surface area contributed by atoms with Crippen LogP contribution in [0.15, 0.2) is 18.3 Å². The van der Waals surface area contributed by atoms with Crippen molar-refractivity contribution in [3.05, 3.63) is 51.3 Å². The maximum absolute atomic E-state index is 12.5. The third kappa shape index (κ3) is 3.53. The second-order valence-corrected chi connectivity index (χ2v) is 8.42. The number of anilines is 1. The summed E-state index contributed by atoms with van der Waals surface area (Å²) in [6.07, 6.45) is 2.96. The van der Waals surface area contributed by atoms with Crippen molar-refractivity contribution in [1.29, 1.82) is 5.26 Å². The van der Waals surface area contributed by atoms with Crippen molar-refractivity contribution in [1.82, 2.24) is 14.9 Å². The molecule has 8 heteroatoms. The molecule has 0 saturated carbocycles. The topological polar surface area (TPSA) is 102 Å². The third-order valence-electron chi connectivity index (χ3n) is 4.98. The van der Waals surface area contributed by atoms with Crippen LogP contribution in [-0.4, -0.2) is 44.1 Å². The number of amides is 1. The number of aromatic nitrogens is 2. The van der Waals surface area contributed by atoms with Crippen LogP contribution in [0.4, 0.5) is 5.95 Å². The lowest BCUT2D eigenvalue weighted by Gasteiger charge is -2.24. The Morgan fingerprint density at radius 1 is 1.43 bits per heavy atom. The van der Waals surface area contributed by atoms with E-state index in [9.17, 15) is 15.2 Å². The van der Waals surface area contributed by atoms with Gasteiger partial charge in [0.05, 0.1) is 35.0 Å². The van der Waals surface area contributed by atoms with Gasteiger partial charge in [-0.25, -0.2) is 9.97 Å². The largest absolute Gasteiger partial charge is 0.389 e. The van der Waals surface area contributed by atoms with Crippen molar-refractivity contribution in [3.8, 4) is 6.07 Å². The van der Waals surface area contributed by atoms with Crippen LogP contribution in [-0.2, 0) is 19.4 Å². The molecule has 0 bridgehead atoms. The monoisotopic (exact) mass is 397 g/mol. The highest BCUT2D eigenvalue weighted by atomic mass is 35.5. The van der Waals surface area contributed by atoms with E-state index >= 15 is 0 Å². The number of hydrogen-bond donors (Lipinski definition) is 2. The first-order valence-electron chi connectivity index (χ1n) is 9.09. The molecule has 1 amide bonds. The number of aliphatic hydroxyl groups is 1. The highest BCUT2D eigenvalue weighted by Gasteiger charge is 2.33. The van der Waals surface area contributed by atoms with E-state index in [0.717, 1.165) is 17.5 Å². The second kappa shape index (κ2) is 6.73. The van der Waals surface area contributed by atoms with E-state index in [1.165, 1.54) is 6.20 Å². The summed E-state index contributed by atoms with van der Waals surface area (Å²) in [6.45, 7) is 3.93. The van der Waals surface area contributed by atoms with Crippen LogP contribution in [0.2, 0.25) is 5.02 Å². The Hall–Kier alpha value is -2.69. The van der Waals surface area contributed by atoms with Crippen molar-refractivity contribution in [2.45, 2.75) is 44.9 Å². The van der Waals surface area contributed by atoms with Crippen LogP contribution in [0.3, 0.4) is 0 Å². The zero-order valence-electron chi connectivity index (χ0n) is 15.7. The van der Waals surface area contributed by atoms with Gasteiger partial charge >= 0.3 is 0 Å². The Kier molecular flexibility index (Phi) is 4.48. The second-order valence-electron chi connectivity index (χ2n) is 7.98. The fourth-order valence-corrected chi connectivity index (χ4v) is 4.13. The predicted octanol–water partition coefficient (Wildman–Crippen LogP) is 2.31. The van der Waals surface area contributed by atoms with Crippen LogP contribution in [0.25, 0.3) is 0 Å². The zero-order valence-corrected chi connectivity index (χ0v) is 16.4. The Balaban J connectivity index is 1.50. The van der Waals surface area contributed by atoms with Gasteiger partial charge in [0.1, 0.15) is 0 Å². The molecule has 0 unspecified atom stereocenters. The number of rotatable bonds is 4. The normalized spacial score (nSPS) is 18.0. The van der Waals surface area contributed by atoms with Gasteiger partial charge in [0.15, 0.2) is 0 Å². The minimum atomic E-state index is -0.971. The molecule has 1 aromatic heterocycles. The average molecular weight is 398 g/mol. The maximum atomic E-state index is 12.5. The van der Waals surface area contributed by atoms with Gasteiger partial charge in [0, 0.05) is 23.8 Å². The number of carbonyl (C=O) groups excluding carboxylic acids is 1. The summed E-state index contributed by atoms with van der Waals surface area (Å²) in [5, 5.41) is 23.2. The molecule has 1 aliphatic heterocycles. The maximum Gasteiger partial charge on any atom is 0.257 e. The molecular weight excluding hydrogens is 378 g/mol. The number of benzene rings is 1. The van der Waals surface area contributed by atoms with Gasteiger partial charge in [-0.1, -0.05) is 11.6 Å². The minimum Gasteiger partial charge on any atom is -0.389 e. The van der Waals surface area contributed by atoms with Crippen molar-refractivity contribution >= 4 is 23.5 Å². The summed E-state index contributed by atoms with van der Waals surface area (Å²) in [7, 11) is 0. The molecule has 7 nitrogen and oxygen atoms in total. The van der Waals surface area contributed by atoms with Crippen molar-refractivity contribution < 1.29 is 9.90 Å². The number of carbonyl (C=O) groups is 1. The molecule has 144 valence electrons. The smallest absolute Gasteiger partial charge is 0.257 e. The lowest BCUT2D eigenvalue weighted by atomic mass is 10.0. The molecule has 2 heterocycles. The van der Waals surface area contributed by atoms with E-state index in [1.54, 1.807) is 24.8 Å². The number of halogens is 1. The summed E-state index contributed by atoms with van der Waals surface area (Å²) in [6, 6.07) is 5.86. The summed E-state index contributed by atoms with van der Waals surface area (Å²) >= 11 is 6.10. The molecule has 28 heavy (non-hydrogen) atoms. The van der Waals surface area contributed by atoms with Gasteiger partial charge in [-0.3, -0.25) is 4.79 Å². The molecule has 1 aromatic carbocycles. The minimum absolute atomic E-state index is 0.0585. The van der Waals surface area contributed by atoms with Gasteiger partial charge < -0.3 is 15.3 Å². The van der Waals surface area contributed by atoms with Gasteiger partial charge in [0.25, 0.3) is 5.91 Å². The van der Waals surface area contributed by atoms with Crippen molar-refractivity contribution in [2.24, 2.45) is 0 Å². The highest BCUT2D eigenvalue weighted by molar-refractivity contribution is 6.30. The quantitative estimate of drug-likeness (QED) is 0.820. The van der Waals surface area contributed by atoms with Crippen LogP contribution >= 0.6 is 11.6 Å². The SMILES string of the molecule is CC(C)(O)CN1Cc2nc(N[C@H]3Cc4cc(Cl)cc(C#N)c4C3)ncc2C1=O. The molecule has 2 aliphatic rings. The van der Waals surface area contributed by atoms with Gasteiger partial charge in [-0.15, -0.1) is 0 Å². The fraction of sp³-hybridized carbons (Fsp3) is 0.400. The lowest BCUT2D eigenvalue weighted by molar-refractivity contribution is 0.0312. The van der Waals surface area contributed by atoms with Gasteiger partial charge in [-0.05, 0) is 49.9 Å². The molecule has 2 aromatic rings. The molecule has 0 saturated heterocycles. The van der Waals surface area contributed by atoms with Gasteiger partial charge in [0.2, 0.25) is 5.95 Å². The van der Waals surface area contributed by atoms with E-state index in [-0.39, 0.29) is 18.5 Å². The molecule has 0 spiro atoms. The van der Waals surface area contributed by atoms with Crippen LogP contribution < -0.4 is 5.32 Å². The molecule has 2 N–H and O–H groups in total. The van der Waals surface area contributed by atoms with E-state index < -0.39 is 5.60 Å². The summed E-state index contributed by atoms with van der Waals surface area (Å²) in [4.78, 5) is 22.8. The van der Waals surface area contributed by atoms with E-state index in [0.29, 0.717) is 40.8 Å². The number of nitrogens with one attached hydrogen (secondary N) is 1. The Bertz CT molecular complexity index is 1010. The summed E-state index contributed by atoms with van der Waals surface area (Å²) in [5.74, 6) is 0.296. The number of nitriles is 1. The summed E-state index contributed by atoms with van der Waals surface area (Å²) in [5.41, 5.74) is 2.84. The lowest BCUT2D eigenvalue weighted by Crippen LogP contribution is -2.38. The third-order valence-corrected chi connectivity index (χ3v) is 5.20. The predicted molar refractivity (Wildman–Crippen MR) is 104 cm³/mol. The fourth-order valence-electron chi connectivity index (χ4n) is 3.89. The molecule has 1 atom stereocenters. The Morgan fingerprint density at radius 2 is 2.21 bits per heavy atom. The highest BCUT2D eigenvalue weighted by Crippen LogP contribution is 2.30. The average Bonchev–Trinajstić information content (AvgIpc) is 3.13. The standard InChI is InChI=1S/C20H20ClN5O2/c1-20(2,28)10-26-9-17-16(18(26)27)8-23-19(25-17)24-14-5-11-3-13(21)4-12(7-22)15(11)6-14/h3-4,8,14,28H,5-6,9-10H2,1-2H3,(H,23,24,25)/t14-/m0/s1. The Labute approximate surface area is 168 Å². The molecule has 1 aliphatic carbocycles. The zero-order chi connectivity index (χ0) is 20.1. The number of fused-ring (bicyclic) bond motifs is 2. The van der Waals surface area contributed by atoms with E-state index in [2.05, 4.69) is 21.4 Å². The first-order valence-corrected chi connectivity index (χ1v) is 9.47. The molecule has 0 fully saturated rings. The number of nitrogens with zero attached hydrogens (tertiary/aromatic N) is 4. The first-order chi connectivity index (χ1) is 13.2. The van der Waals surface area contributed by atoms with Crippen molar-refractivity contribution in [3.63, 3.8) is 0 Å². The van der Waals surface area contributed by atoms with Gasteiger partial charge in [-0.2, -0.15) is 5.26 Å². The first kappa shape index (κ1) is 18.7. The molecule has 4 rings (SSSR count). The van der Waals surface area contributed by atoms with E-state index in [4.69, 9.17) is 11.6 Å². The van der Waals surface area contributed by atoms with Crippen LogP contribution in [0.1, 0.15) is 46.6 Å². The van der Waals surface area contributed by atoms with E-state index in [1.807, 2.05) is 6.07 Å². The Morgan fingerprint density at radius 3 is 2.93 bits per heavy atom. The van der Waals surface area contributed by atoms with Crippen LogP contribution in [0.5, 0.6) is 0 Å². The number of β-amino-alcohol motifs (C(OH)–C–C–N with tert-alkyl or cyclic N) is 1. The molecular formula is C20H20ClN5O2.